The van der Waals surface area contributed by atoms with E-state index < -0.39 is 0 Å². The highest BCUT2D eigenvalue weighted by Crippen LogP contribution is 2.21. The number of aliphatic imine (C=N–C) groups is 1. The number of hydrazine groups is 1. The van der Waals surface area contributed by atoms with E-state index in [2.05, 4.69) is 46.9 Å². The lowest BCUT2D eigenvalue weighted by Crippen LogP contribution is -2.37. The van der Waals surface area contributed by atoms with Gasteiger partial charge >= 0.3 is 0 Å². The van der Waals surface area contributed by atoms with Gasteiger partial charge in [0.1, 0.15) is 0 Å². The maximum absolute atomic E-state index is 5.51. The van der Waals surface area contributed by atoms with Crippen LogP contribution in [0.15, 0.2) is 29.3 Å². The van der Waals surface area contributed by atoms with Crippen molar-refractivity contribution in [3.8, 4) is 0 Å². The molecule has 4 N–H and O–H groups in total. The molecule has 0 radical (unpaired) electrons. The summed E-state index contributed by atoms with van der Waals surface area (Å²) in [5, 5.41) is 3.22. The molecule has 1 fully saturated rings. The summed E-state index contributed by atoms with van der Waals surface area (Å²) >= 11 is 0. The highest BCUT2D eigenvalue weighted by atomic mass is 15.3. The van der Waals surface area contributed by atoms with Gasteiger partial charge in [0, 0.05) is 5.69 Å². The summed E-state index contributed by atoms with van der Waals surface area (Å²) in [5.74, 6) is 6.17. The predicted molar refractivity (Wildman–Crippen MR) is 76.5 cm³/mol. The van der Waals surface area contributed by atoms with E-state index in [0.717, 1.165) is 12.1 Å². The third-order valence-corrected chi connectivity index (χ3v) is 3.40. The Balaban J connectivity index is 2.00. The summed E-state index contributed by atoms with van der Waals surface area (Å²) in [5.41, 5.74) is 4.99. The fourth-order valence-corrected chi connectivity index (χ4v) is 2.28. The second-order valence-electron chi connectivity index (χ2n) is 4.74. The normalized spacial score (nSPS) is 16.9. The number of nitrogens with zero attached hydrogens (tertiary/aromatic N) is 1. The molecular weight excluding hydrogens is 224 g/mol. The van der Waals surface area contributed by atoms with Crippen molar-refractivity contribution in [2.24, 2.45) is 10.8 Å². The highest BCUT2D eigenvalue weighted by Gasteiger charge is 2.14. The fraction of sp³-hybridized carbons (Fsp3) is 0.500. The molecule has 1 saturated carbocycles. The van der Waals surface area contributed by atoms with E-state index in [1.807, 2.05) is 0 Å². The van der Waals surface area contributed by atoms with Gasteiger partial charge in [0.05, 0.1) is 6.04 Å². The first kappa shape index (κ1) is 12.9. The monoisotopic (exact) mass is 246 g/mol. The van der Waals surface area contributed by atoms with Crippen molar-refractivity contribution in [3.63, 3.8) is 0 Å². The highest BCUT2D eigenvalue weighted by molar-refractivity contribution is 5.93. The number of hydrogen-bond acceptors (Lipinski definition) is 2. The van der Waals surface area contributed by atoms with Crippen molar-refractivity contribution in [2.45, 2.75) is 45.1 Å². The summed E-state index contributed by atoms with van der Waals surface area (Å²) in [6, 6.07) is 8.76. The summed E-state index contributed by atoms with van der Waals surface area (Å²) in [7, 11) is 0. The molecule has 0 spiro atoms. The van der Waals surface area contributed by atoms with Crippen molar-refractivity contribution in [2.75, 3.05) is 5.32 Å². The Labute approximate surface area is 109 Å². The molecule has 1 aromatic carbocycles. The first-order chi connectivity index (χ1) is 8.81. The van der Waals surface area contributed by atoms with Crippen LogP contribution in [0.25, 0.3) is 0 Å². The van der Waals surface area contributed by atoms with E-state index in [-0.39, 0.29) is 0 Å². The molecule has 1 aliphatic rings. The van der Waals surface area contributed by atoms with Gasteiger partial charge in [0.25, 0.3) is 0 Å². The van der Waals surface area contributed by atoms with Crippen LogP contribution in [0.5, 0.6) is 0 Å². The Morgan fingerprint density at radius 3 is 2.50 bits per heavy atom. The van der Waals surface area contributed by atoms with Gasteiger partial charge in [-0.25, -0.2) is 10.8 Å². The summed E-state index contributed by atoms with van der Waals surface area (Å²) in [4.78, 5) is 4.60. The zero-order valence-corrected chi connectivity index (χ0v) is 10.9. The summed E-state index contributed by atoms with van der Waals surface area (Å²) in [6.07, 6.45) is 5.94. The minimum absolute atomic E-state index is 0.415. The van der Waals surface area contributed by atoms with Gasteiger partial charge < -0.3 is 5.32 Å². The number of nitrogens with two attached hydrogens (primary N) is 1. The topological polar surface area (TPSA) is 62.4 Å². The summed E-state index contributed by atoms with van der Waals surface area (Å²) < 4.78 is 0. The van der Waals surface area contributed by atoms with Crippen molar-refractivity contribution >= 4 is 11.6 Å². The molecule has 0 aliphatic heterocycles. The lowest BCUT2D eigenvalue weighted by Gasteiger charge is -2.12. The smallest absolute Gasteiger partial charge is 0.210 e. The van der Waals surface area contributed by atoms with Crippen LogP contribution in [0.1, 0.15) is 38.2 Å². The lowest BCUT2D eigenvalue weighted by molar-refractivity contribution is 0.700. The maximum Gasteiger partial charge on any atom is 0.210 e. The third-order valence-electron chi connectivity index (χ3n) is 3.40. The number of benzene rings is 1. The predicted octanol–water partition coefficient (Wildman–Crippen LogP) is 2.42. The molecule has 0 heterocycles. The molecule has 0 unspecified atom stereocenters. The van der Waals surface area contributed by atoms with Gasteiger partial charge in [0.2, 0.25) is 5.96 Å². The van der Waals surface area contributed by atoms with E-state index >= 15 is 0 Å². The van der Waals surface area contributed by atoms with Crippen LogP contribution in [-0.2, 0) is 6.42 Å². The van der Waals surface area contributed by atoms with Gasteiger partial charge in [0.15, 0.2) is 0 Å². The van der Waals surface area contributed by atoms with Crippen LogP contribution in [-0.4, -0.2) is 12.0 Å². The van der Waals surface area contributed by atoms with Gasteiger partial charge in [-0.1, -0.05) is 31.9 Å². The van der Waals surface area contributed by atoms with Crippen molar-refractivity contribution in [3.05, 3.63) is 29.8 Å². The molecule has 4 heteroatoms. The quantitative estimate of drug-likeness (QED) is 0.332. The second kappa shape index (κ2) is 6.40. The van der Waals surface area contributed by atoms with E-state index in [9.17, 15) is 0 Å². The molecule has 0 saturated heterocycles. The molecule has 1 aliphatic carbocycles. The van der Waals surface area contributed by atoms with Crippen LogP contribution >= 0.6 is 0 Å². The molecule has 2 rings (SSSR count). The minimum atomic E-state index is 0.415. The molecule has 0 aromatic heterocycles. The van der Waals surface area contributed by atoms with Crippen molar-refractivity contribution < 1.29 is 0 Å². The zero-order chi connectivity index (χ0) is 12.8. The largest absolute Gasteiger partial charge is 0.325 e. The maximum atomic E-state index is 5.51. The molecule has 98 valence electrons. The number of aryl methyl sites for hydroxylation is 1. The van der Waals surface area contributed by atoms with Crippen LogP contribution in [0.2, 0.25) is 0 Å². The molecule has 18 heavy (non-hydrogen) atoms. The second-order valence-corrected chi connectivity index (χ2v) is 4.74. The van der Waals surface area contributed by atoms with Crippen LogP contribution in [0, 0.1) is 0 Å². The number of hydrogen-bond donors (Lipinski definition) is 3. The van der Waals surface area contributed by atoms with E-state index in [1.54, 1.807) is 0 Å². The molecule has 1 aromatic rings. The molecular formula is C14H22N4. The number of rotatable bonds is 3. The third kappa shape index (κ3) is 3.47. The van der Waals surface area contributed by atoms with Crippen LogP contribution in [0.3, 0.4) is 0 Å². The van der Waals surface area contributed by atoms with Crippen molar-refractivity contribution in [1.29, 1.82) is 0 Å². The number of anilines is 1. The van der Waals surface area contributed by atoms with Gasteiger partial charge in [-0.3, -0.25) is 5.43 Å². The first-order valence-electron chi connectivity index (χ1n) is 6.72. The standard InChI is InChI=1S/C14H22N4/c1-2-11-7-9-13(10-8-11)17-14(18-15)16-12-5-3-4-6-12/h7-10,12H,2-6,15H2,1H3,(H2,16,17,18). The Kier molecular flexibility index (Phi) is 4.59. The van der Waals surface area contributed by atoms with Gasteiger partial charge in [-0.05, 0) is 37.0 Å². The number of nitrogens with one attached hydrogen (secondary N) is 2. The Bertz CT molecular complexity index is 391. The molecule has 0 atom stereocenters. The SMILES string of the molecule is CCc1ccc(NC(=NC2CCCC2)NN)cc1. The minimum Gasteiger partial charge on any atom is -0.325 e. The van der Waals surface area contributed by atoms with E-state index in [0.29, 0.717) is 12.0 Å². The molecule has 0 amide bonds. The van der Waals surface area contributed by atoms with Gasteiger partial charge in [-0.2, -0.15) is 0 Å². The van der Waals surface area contributed by atoms with E-state index in [4.69, 9.17) is 5.84 Å². The zero-order valence-electron chi connectivity index (χ0n) is 10.9. The fourth-order valence-electron chi connectivity index (χ4n) is 2.28. The number of guanidine groups is 1. The summed E-state index contributed by atoms with van der Waals surface area (Å²) in [6.45, 7) is 2.15. The Hall–Kier alpha value is -1.55. The van der Waals surface area contributed by atoms with E-state index in [1.165, 1.54) is 31.2 Å². The van der Waals surface area contributed by atoms with Crippen molar-refractivity contribution in [1.82, 2.24) is 5.43 Å². The lowest BCUT2D eigenvalue weighted by atomic mass is 10.1. The Morgan fingerprint density at radius 1 is 1.28 bits per heavy atom. The first-order valence-corrected chi connectivity index (χ1v) is 6.72. The van der Waals surface area contributed by atoms with Gasteiger partial charge in [-0.15, -0.1) is 0 Å². The van der Waals surface area contributed by atoms with Crippen LogP contribution in [0.4, 0.5) is 5.69 Å². The molecule has 0 bridgehead atoms. The van der Waals surface area contributed by atoms with Crippen LogP contribution < -0.4 is 16.6 Å². The molecule has 4 nitrogen and oxygen atoms in total. The Morgan fingerprint density at radius 2 is 1.94 bits per heavy atom. The average molecular weight is 246 g/mol. The average Bonchev–Trinajstić information content (AvgIpc) is 2.91.